The van der Waals surface area contributed by atoms with Crippen LogP contribution in [-0.4, -0.2) is 33.3 Å². The molecule has 0 aromatic heterocycles. The molecule has 0 bridgehead atoms. The molecule has 0 spiro atoms. The summed E-state index contributed by atoms with van der Waals surface area (Å²) in [5.41, 5.74) is 0.938. The maximum atomic E-state index is 12.7. The van der Waals surface area contributed by atoms with E-state index in [0.29, 0.717) is 22.9 Å². The summed E-state index contributed by atoms with van der Waals surface area (Å²) in [6, 6.07) is 13.1. The summed E-state index contributed by atoms with van der Waals surface area (Å²) in [5, 5.41) is 3.17. The van der Waals surface area contributed by atoms with Crippen molar-refractivity contribution < 1.29 is 18.0 Å². The van der Waals surface area contributed by atoms with Crippen molar-refractivity contribution >= 4 is 44.8 Å². The molecule has 30 heavy (non-hydrogen) atoms. The highest BCUT2D eigenvalue weighted by Gasteiger charge is 2.36. The van der Waals surface area contributed by atoms with Gasteiger partial charge in [-0.2, -0.15) is 0 Å². The predicted octanol–water partition coefficient (Wildman–Crippen LogP) is 3.41. The van der Waals surface area contributed by atoms with Crippen molar-refractivity contribution in [3.63, 3.8) is 0 Å². The molecule has 2 aromatic rings. The van der Waals surface area contributed by atoms with Crippen LogP contribution >= 0.6 is 11.6 Å². The summed E-state index contributed by atoms with van der Waals surface area (Å²) < 4.78 is 27.3. The fourth-order valence-corrected chi connectivity index (χ4v) is 4.60. The molecule has 0 saturated carbocycles. The molecule has 3 rings (SSSR count). The van der Waals surface area contributed by atoms with Gasteiger partial charge in [0, 0.05) is 25.2 Å². The van der Waals surface area contributed by atoms with Crippen molar-refractivity contribution in [2.45, 2.75) is 31.1 Å². The highest BCUT2D eigenvalue weighted by atomic mass is 35.5. The highest BCUT2D eigenvalue weighted by molar-refractivity contribution is 7.89. The summed E-state index contributed by atoms with van der Waals surface area (Å²) in [6.45, 7) is 2.55. The molecule has 1 aliphatic rings. The van der Waals surface area contributed by atoms with E-state index in [-0.39, 0.29) is 29.7 Å². The lowest BCUT2D eigenvalue weighted by molar-refractivity contribution is -0.122. The van der Waals surface area contributed by atoms with Gasteiger partial charge < -0.3 is 10.2 Å². The Morgan fingerprint density at radius 3 is 2.70 bits per heavy atom. The quantitative estimate of drug-likeness (QED) is 0.603. The normalized spacial score (nSPS) is 16.7. The van der Waals surface area contributed by atoms with Crippen LogP contribution < -0.4 is 14.9 Å². The van der Waals surface area contributed by atoms with Crippen LogP contribution in [0.2, 0.25) is 5.02 Å². The lowest BCUT2D eigenvalue weighted by atomic mass is 10.1. The number of sulfonamides is 1. The van der Waals surface area contributed by atoms with Crippen molar-refractivity contribution in [3.8, 4) is 0 Å². The van der Waals surface area contributed by atoms with E-state index in [1.807, 2.05) is 6.92 Å². The van der Waals surface area contributed by atoms with Gasteiger partial charge in [-0.15, -0.1) is 0 Å². The molecule has 1 fully saturated rings. The number of hydrogen-bond donors (Lipinski definition) is 2. The first kappa shape index (κ1) is 22.3. The third-order valence-corrected chi connectivity index (χ3v) is 6.65. The van der Waals surface area contributed by atoms with Gasteiger partial charge in [0.15, 0.2) is 0 Å². The number of amides is 2. The zero-order valence-electron chi connectivity index (χ0n) is 16.6. The summed E-state index contributed by atoms with van der Waals surface area (Å²) >= 11 is 6.17. The first-order valence-electron chi connectivity index (χ1n) is 9.77. The first-order valence-corrected chi connectivity index (χ1v) is 11.6. The van der Waals surface area contributed by atoms with E-state index in [4.69, 9.17) is 11.6 Å². The smallest absolute Gasteiger partial charge is 0.240 e. The lowest BCUT2D eigenvalue weighted by Gasteiger charge is -2.18. The van der Waals surface area contributed by atoms with Gasteiger partial charge in [-0.3, -0.25) is 9.59 Å². The molecular weight excluding hydrogens is 426 g/mol. The zero-order valence-corrected chi connectivity index (χ0v) is 18.2. The maximum absolute atomic E-state index is 12.7. The molecule has 7 nitrogen and oxygen atoms in total. The second-order valence-electron chi connectivity index (χ2n) is 7.13. The molecule has 0 radical (unpaired) electrons. The number of nitrogens with one attached hydrogen (secondary N) is 2. The van der Waals surface area contributed by atoms with Crippen LogP contribution in [0.3, 0.4) is 0 Å². The standard InChI is InChI=1S/C21H24ClN3O4S/c1-2-3-11-23-30(28,29)17-8-6-7-16(13-17)24-21(27)15-12-20(26)25(14-15)19-10-5-4-9-18(19)22/h4-10,13,15,23H,2-3,11-12,14H2,1H3,(H,24,27)/t15-/m1/s1. The van der Waals surface area contributed by atoms with Crippen LogP contribution in [0.25, 0.3) is 0 Å². The molecule has 2 aromatic carbocycles. The van der Waals surface area contributed by atoms with E-state index in [9.17, 15) is 18.0 Å². The number of anilines is 2. The summed E-state index contributed by atoms with van der Waals surface area (Å²) in [4.78, 5) is 26.7. The van der Waals surface area contributed by atoms with Crippen LogP contribution in [0.5, 0.6) is 0 Å². The molecule has 0 unspecified atom stereocenters. The minimum Gasteiger partial charge on any atom is -0.326 e. The number of nitrogens with zero attached hydrogens (tertiary/aromatic N) is 1. The summed E-state index contributed by atoms with van der Waals surface area (Å²) in [5.74, 6) is -1.08. The van der Waals surface area contributed by atoms with E-state index in [2.05, 4.69) is 10.0 Å². The van der Waals surface area contributed by atoms with Crippen molar-refractivity contribution in [1.82, 2.24) is 4.72 Å². The Morgan fingerprint density at radius 2 is 1.97 bits per heavy atom. The van der Waals surface area contributed by atoms with Gasteiger partial charge in [0.2, 0.25) is 21.8 Å². The van der Waals surface area contributed by atoms with Crippen molar-refractivity contribution in [3.05, 3.63) is 53.6 Å². The fraction of sp³-hybridized carbons (Fsp3) is 0.333. The van der Waals surface area contributed by atoms with Gasteiger partial charge in [0.1, 0.15) is 0 Å². The Labute approximate surface area is 181 Å². The summed E-state index contributed by atoms with van der Waals surface area (Å²) in [7, 11) is -3.65. The Balaban J connectivity index is 1.68. The Morgan fingerprint density at radius 1 is 1.20 bits per heavy atom. The number of carbonyl (C=O) groups excluding carboxylic acids is 2. The average molecular weight is 450 g/mol. The number of rotatable bonds is 8. The second-order valence-corrected chi connectivity index (χ2v) is 9.30. The number of unbranched alkanes of at least 4 members (excludes halogenated alkanes) is 1. The Hall–Kier alpha value is -2.42. The lowest BCUT2D eigenvalue weighted by Crippen LogP contribution is -2.28. The van der Waals surface area contributed by atoms with Crippen LogP contribution in [-0.2, 0) is 19.6 Å². The molecule has 1 aliphatic heterocycles. The Bertz CT molecular complexity index is 1040. The minimum absolute atomic E-state index is 0.0631. The van der Waals surface area contributed by atoms with Gasteiger partial charge in [-0.05, 0) is 36.8 Å². The van der Waals surface area contributed by atoms with Crippen LogP contribution in [0, 0.1) is 5.92 Å². The van der Waals surface area contributed by atoms with Crippen LogP contribution in [0.1, 0.15) is 26.2 Å². The van der Waals surface area contributed by atoms with Gasteiger partial charge >= 0.3 is 0 Å². The van der Waals surface area contributed by atoms with Gasteiger partial charge in [-0.25, -0.2) is 13.1 Å². The third kappa shape index (κ3) is 5.19. The van der Waals surface area contributed by atoms with Gasteiger partial charge in [0.25, 0.3) is 0 Å². The van der Waals surface area contributed by atoms with Crippen LogP contribution in [0.15, 0.2) is 53.4 Å². The zero-order chi connectivity index (χ0) is 21.7. The van der Waals surface area contributed by atoms with E-state index in [0.717, 1.165) is 12.8 Å². The van der Waals surface area contributed by atoms with E-state index >= 15 is 0 Å². The average Bonchev–Trinajstić information content (AvgIpc) is 3.10. The largest absolute Gasteiger partial charge is 0.326 e. The minimum atomic E-state index is -3.65. The summed E-state index contributed by atoms with van der Waals surface area (Å²) in [6.07, 6.45) is 1.69. The molecule has 0 aliphatic carbocycles. The second kappa shape index (κ2) is 9.59. The maximum Gasteiger partial charge on any atom is 0.240 e. The number of benzene rings is 2. The van der Waals surface area contributed by atoms with E-state index in [1.54, 1.807) is 36.4 Å². The number of halogens is 1. The van der Waals surface area contributed by atoms with Crippen molar-refractivity contribution in [1.29, 1.82) is 0 Å². The molecule has 1 saturated heterocycles. The molecule has 160 valence electrons. The van der Waals surface area contributed by atoms with Crippen molar-refractivity contribution in [2.75, 3.05) is 23.3 Å². The molecule has 1 atom stereocenters. The molecular formula is C21H24ClN3O4S. The molecule has 9 heteroatoms. The number of hydrogen-bond acceptors (Lipinski definition) is 4. The monoisotopic (exact) mass is 449 g/mol. The van der Waals surface area contributed by atoms with Gasteiger partial charge in [0.05, 0.1) is 21.5 Å². The predicted molar refractivity (Wildman–Crippen MR) is 117 cm³/mol. The van der Waals surface area contributed by atoms with E-state index < -0.39 is 15.9 Å². The van der Waals surface area contributed by atoms with Gasteiger partial charge in [-0.1, -0.05) is 43.1 Å². The molecule has 1 heterocycles. The van der Waals surface area contributed by atoms with Crippen molar-refractivity contribution in [2.24, 2.45) is 5.92 Å². The number of carbonyl (C=O) groups is 2. The SMILES string of the molecule is CCCCNS(=O)(=O)c1cccc(NC(=O)[C@@H]2CC(=O)N(c3ccccc3Cl)C2)c1. The first-order chi connectivity index (χ1) is 14.3. The fourth-order valence-electron chi connectivity index (χ4n) is 3.24. The number of para-hydroxylation sites is 1. The molecule has 2 amide bonds. The van der Waals surface area contributed by atoms with E-state index in [1.165, 1.54) is 17.0 Å². The van der Waals surface area contributed by atoms with Crippen LogP contribution in [0.4, 0.5) is 11.4 Å². The molecule has 2 N–H and O–H groups in total. The topological polar surface area (TPSA) is 95.6 Å². The Kier molecular flexibility index (Phi) is 7.12. The highest BCUT2D eigenvalue weighted by Crippen LogP contribution is 2.31. The third-order valence-electron chi connectivity index (χ3n) is 4.87.